The fourth-order valence-electron chi connectivity index (χ4n) is 5.00. The largest absolute Gasteiger partial charge is 0.497 e. The van der Waals surface area contributed by atoms with Crippen molar-refractivity contribution in [2.24, 2.45) is 0 Å². The standard InChI is InChI=1S/C29H29N3O3/c1-34-24-17-11-14-22(20-24)29(18-9-10-19-29)30-27(33)25-26(21-12-5-3-6-13-21)31-32(28(25)35-2)23-15-7-4-8-16-23/h3-8,11-17,20H,9-10,18-19H2,1-2H3,(H,30,33). The van der Waals surface area contributed by atoms with Gasteiger partial charge >= 0.3 is 0 Å². The molecule has 1 aromatic heterocycles. The first-order valence-electron chi connectivity index (χ1n) is 11.9. The average Bonchev–Trinajstić information content (AvgIpc) is 3.55. The summed E-state index contributed by atoms with van der Waals surface area (Å²) in [5.41, 5.74) is 3.27. The summed E-state index contributed by atoms with van der Waals surface area (Å²) in [6.07, 6.45) is 3.82. The summed E-state index contributed by atoms with van der Waals surface area (Å²) in [7, 11) is 3.24. The Morgan fingerprint density at radius 1 is 0.886 bits per heavy atom. The Hall–Kier alpha value is -4.06. The summed E-state index contributed by atoms with van der Waals surface area (Å²) >= 11 is 0. The second-order valence-electron chi connectivity index (χ2n) is 8.82. The number of benzene rings is 3. The Morgan fingerprint density at radius 3 is 2.23 bits per heavy atom. The minimum atomic E-state index is -0.473. The van der Waals surface area contributed by atoms with Crippen molar-refractivity contribution in [2.45, 2.75) is 31.2 Å². The number of carbonyl (C=O) groups is 1. The highest BCUT2D eigenvalue weighted by molar-refractivity contribution is 6.03. The van der Waals surface area contributed by atoms with Gasteiger partial charge in [0.1, 0.15) is 17.0 Å². The second kappa shape index (κ2) is 9.66. The van der Waals surface area contributed by atoms with Crippen LogP contribution >= 0.6 is 0 Å². The zero-order valence-electron chi connectivity index (χ0n) is 20.0. The van der Waals surface area contributed by atoms with E-state index in [1.54, 1.807) is 18.9 Å². The topological polar surface area (TPSA) is 65.4 Å². The zero-order chi connectivity index (χ0) is 24.3. The summed E-state index contributed by atoms with van der Waals surface area (Å²) < 4.78 is 13.0. The van der Waals surface area contributed by atoms with Crippen LogP contribution in [0.15, 0.2) is 84.9 Å². The maximum absolute atomic E-state index is 14.1. The lowest BCUT2D eigenvalue weighted by Crippen LogP contribution is -2.44. The van der Waals surface area contributed by atoms with E-state index in [1.807, 2.05) is 78.9 Å². The first-order valence-corrected chi connectivity index (χ1v) is 11.9. The van der Waals surface area contributed by atoms with Gasteiger partial charge in [0.2, 0.25) is 5.88 Å². The van der Waals surface area contributed by atoms with Crippen molar-refractivity contribution in [3.05, 3.63) is 96.1 Å². The smallest absolute Gasteiger partial charge is 0.259 e. The first-order chi connectivity index (χ1) is 17.1. The van der Waals surface area contributed by atoms with Gasteiger partial charge in [-0.3, -0.25) is 4.79 Å². The second-order valence-corrected chi connectivity index (χ2v) is 8.82. The van der Waals surface area contributed by atoms with Crippen LogP contribution in [0.25, 0.3) is 16.9 Å². The van der Waals surface area contributed by atoms with Crippen LogP contribution in [0.1, 0.15) is 41.6 Å². The number of hydrogen-bond acceptors (Lipinski definition) is 4. The van der Waals surface area contributed by atoms with Gasteiger partial charge in [-0.2, -0.15) is 9.78 Å². The molecular formula is C29H29N3O3. The number of aromatic nitrogens is 2. The normalized spacial score (nSPS) is 14.5. The number of nitrogens with one attached hydrogen (secondary N) is 1. The molecule has 3 aromatic carbocycles. The lowest BCUT2D eigenvalue weighted by molar-refractivity contribution is 0.0895. The highest BCUT2D eigenvalue weighted by Crippen LogP contribution is 2.41. The molecule has 1 aliphatic rings. The number of hydrogen-bond donors (Lipinski definition) is 1. The van der Waals surface area contributed by atoms with E-state index >= 15 is 0 Å². The van der Waals surface area contributed by atoms with E-state index < -0.39 is 5.54 Å². The Labute approximate surface area is 205 Å². The summed E-state index contributed by atoms with van der Waals surface area (Å²) in [4.78, 5) is 14.1. The third-order valence-corrected chi connectivity index (χ3v) is 6.74. The fourth-order valence-corrected chi connectivity index (χ4v) is 5.00. The third kappa shape index (κ3) is 4.28. The highest BCUT2D eigenvalue weighted by Gasteiger charge is 2.39. The van der Waals surface area contributed by atoms with Gasteiger partial charge in [0.15, 0.2) is 0 Å². The van der Waals surface area contributed by atoms with Crippen LogP contribution in [0, 0.1) is 0 Å². The molecule has 1 aliphatic carbocycles. The summed E-state index contributed by atoms with van der Waals surface area (Å²) in [5, 5.41) is 8.25. The Balaban J connectivity index is 1.62. The van der Waals surface area contributed by atoms with E-state index in [9.17, 15) is 4.79 Å². The maximum Gasteiger partial charge on any atom is 0.259 e. The Kier molecular flexibility index (Phi) is 6.27. The Morgan fingerprint density at radius 2 is 1.57 bits per heavy atom. The lowest BCUT2D eigenvalue weighted by atomic mass is 9.87. The van der Waals surface area contributed by atoms with Gasteiger partial charge in [0, 0.05) is 5.56 Å². The number of carbonyl (C=O) groups excluding carboxylic acids is 1. The Bertz CT molecular complexity index is 1310. The molecule has 0 unspecified atom stereocenters. The number of ether oxygens (including phenoxy) is 2. The maximum atomic E-state index is 14.1. The van der Waals surface area contributed by atoms with Crippen LogP contribution in [0.5, 0.6) is 11.6 Å². The molecule has 1 fully saturated rings. The predicted molar refractivity (Wildman–Crippen MR) is 136 cm³/mol. The quantitative estimate of drug-likeness (QED) is 0.376. The fraction of sp³-hybridized carbons (Fsp3) is 0.241. The molecule has 0 aliphatic heterocycles. The SMILES string of the molecule is COc1cccc(C2(NC(=O)c3c(-c4ccccc4)nn(-c4ccccc4)c3OC)CCCC2)c1. The molecule has 178 valence electrons. The van der Waals surface area contributed by atoms with Crippen LogP contribution in [0.3, 0.4) is 0 Å². The van der Waals surface area contributed by atoms with E-state index in [0.717, 1.165) is 48.2 Å². The molecule has 0 bridgehead atoms. The molecule has 0 spiro atoms. The molecule has 0 atom stereocenters. The zero-order valence-corrected chi connectivity index (χ0v) is 20.0. The molecule has 0 radical (unpaired) electrons. The van der Waals surface area contributed by atoms with Gasteiger partial charge in [-0.05, 0) is 42.7 Å². The monoisotopic (exact) mass is 467 g/mol. The van der Waals surface area contributed by atoms with E-state index in [0.29, 0.717) is 17.1 Å². The van der Waals surface area contributed by atoms with Crippen LogP contribution < -0.4 is 14.8 Å². The molecule has 35 heavy (non-hydrogen) atoms. The first kappa shape index (κ1) is 22.7. The van der Waals surface area contributed by atoms with Crippen molar-refractivity contribution in [3.8, 4) is 28.6 Å². The molecule has 6 nitrogen and oxygen atoms in total. The molecule has 1 amide bonds. The number of methoxy groups -OCH3 is 2. The molecule has 4 aromatic rings. The minimum absolute atomic E-state index is 0.201. The van der Waals surface area contributed by atoms with Crippen molar-refractivity contribution in [1.29, 1.82) is 0 Å². The van der Waals surface area contributed by atoms with Gasteiger partial charge in [-0.25, -0.2) is 0 Å². The molecule has 1 heterocycles. The summed E-state index contributed by atoms with van der Waals surface area (Å²) in [6, 6.07) is 27.5. The van der Waals surface area contributed by atoms with Gasteiger partial charge in [0.25, 0.3) is 5.91 Å². The average molecular weight is 468 g/mol. The van der Waals surface area contributed by atoms with E-state index in [2.05, 4.69) is 11.4 Å². The molecule has 6 heteroatoms. The third-order valence-electron chi connectivity index (χ3n) is 6.74. The van der Waals surface area contributed by atoms with Crippen LogP contribution in [0.2, 0.25) is 0 Å². The van der Waals surface area contributed by atoms with Crippen LogP contribution in [-0.2, 0) is 5.54 Å². The van der Waals surface area contributed by atoms with Crippen LogP contribution in [0.4, 0.5) is 0 Å². The number of rotatable bonds is 7. The predicted octanol–water partition coefficient (Wildman–Crippen LogP) is 5.76. The minimum Gasteiger partial charge on any atom is -0.497 e. The van der Waals surface area contributed by atoms with Gasteiger partial charge in [-0.1, -0.05) is 73.5 Å². The van der Waals surface area contributed by atoms with E-state index in [4.69, 9.17) is 14.6 Å². The lowest BCUT2D eigenvalue weighted by Gasteiger charge is -2.31. The van der Waals surface area contributed by atoms with Gasteiger partial charge in [0.05, 0.1) is 25.4 Å². The highest BCUT2D eigenvalue weighted by atomic mass is 16.5. The summed E-state index contributed by atoms with van der Waals surface area (Å²) in [6.45, 7) is 0. The van der Waals surface area contributed by atoms with Crippen molar-refractivity contribution in [3.63, 3.8) is 0 Å². The van der Waals surface area contributed by atoms with Gasteiger partial charge < -0.3 is 14.8 Å². The molecule has 5 rings (SSSR count). The number of para-hydroxylation sites is 1. The summed E-state index contributed by atoms with van der Waals surface area (Å²) in [5.74, 6) is 0.987. The van der Waals surface area contributed by atoms with E-state index in [-0.39, 0.29) is 5.91 Å². The molecule has 1 N–H and O–H groups in total. The van der Waals surface area contributed by atoms with Crippen molar-refractivity contribution < 1.29 is 14.3 Å². The van der Waals surface area contributed by atoms with Gasteiger partial charge in [-0.15, -0.1) is 0 Å². The molecule has 0 saturated heterocycles. The number of amides is 1. The molecule has 1 saturated carbocycles. The number of nitrogens with zero attached hydrogens (tertiary/aromatic N) is 2. The van der Waals surface area contributed by atoms with Crippen molar-refractivity contribution in [1.82, 2.24) is 15.1 Å². The molecular weight excluding hydrogens is 438 g/mol. The van der Waals surface area contributed by atoms with E-state index in [1.165, 1.54) is 0 Å². The van der Waals surface area contributed by atoms with Crippen LogP contribution in [-0.4, -0.2) is 29.9 Å². The van der Waals surface area contributed by atoms with Crippen molar-refractivity contribution >= 4 is 5.91 Å². The van der Waals surface area contributed by atoms with Crippen molar-refractivity contribution in [2.75, 3.05) is 14.2 Å².